The predicted octanol–water partition coefficient (Wildman–Crippen LogP) is 4.26. The van der Waals surface area contributed by atoms with E-state index in [0.29, 0.717) is 17.3 Å². The first-order valence-electron chi connectivity index (χ1n) is 7.11. The van der Waals surface area contributed by atoms with Crippen molar-refractivity contribution < 1.29 is 4.74 Å². The van der Waals surface area contributed by atoms with Crippen molar-refractivity contribution in [3.05, 3.63) is 35.5 Å². The minimum atomic E-state index is 0.358. The van der Waals surface area contributed by atoms with E-state index in [4.69, 9.17) is 16.3 Å². The number of hydrogen-bond donors (Lipinski definition) is 1. The van der Waals surface area contributed by atoms with Crippen molar-refractivity contribution in [1.82, 2.24) is 4.98 Å². The zero-order valence-electron chi connectivity index (χ0n) is 11.6. The zero-order chi connectivity index (χ0) is 13.9. The van der Waals surface area contributed by atoms with E-state index < -0.39 is 0 Å². The highest BCUT2D eigenvalue weighted by atomic mass is 35.5. The Balaban J connectivity index is 1.80. The molecule has 1 saturated carbocycles. The molecule has 106 valence electrons. The molecule has 3 nitrogen and oxygen atoms in total. The average Bonchev–Trinajstić information content (AvgIpc) is 2.47. The molecule has 0 radical (unpaired) electrons. The molecule has 1 fully saturated rings. The van der Waals surface area contributed by atoms with Gasteiger partial charge in [0.1, 0.15) is 11.0 Å². The van der Waals surface area contributed by atoms with Crippen LogP contribution in [0.3, 0.4) is 0 Å². The molecule has 3 rings (SSSR count). The molecule has 1 aromatic carbocycles. The fourth-order valence-corrected chi connectivity index (χ4v) is 3.19. The van der Waals surface area contributed by atoms with E-state index in [-0.39, 0.29) is 0 Å². The largest absolute Gasteiger partial charge is 0.381 e. The van der Waals surface area contributed by atoms with Crippen LogP contribution >= 0.6 is 11.6 Å². The van der Waals surface area contributed by atoms with E-state index in [1.54, 1.807) is 7.11 Å². The van der Waals surface area contributed by atoms with Crippen molar-refractivity contribution in [2.24, 2.45) is 0 Å². The number of fused-ring (bicyclic) bond motifs is 1. The first kappa shape index (κ1) is 13.7. The summed E-state index contributed by atoms with van der Waals surface area (Å²) in [6.07, 6.45) is 4.89. The van der Waals surface area contributed by atoms with Crippen LogP contribution in [0.4, 0.5) is 5.82 Å². The molecule has 2 atom stereocenters. The second-order valence-corrected chi connectivity index (χ2v) is 5.74. The molecule has 20 heavy (non-hydrogen) atoms. The molecule has 1 N–H and O–H groups in total. The molecule has 0 bridgehead atoms. The van der Waals surface area contributed by atoms with E-state index in [9.17, 15) is 0 Å². The monoisotopic (exact) mass is 290 g/mol. The maximum atomic E-state index is 6.26. The third-order valence-corrected chi connectivity index (χ3v) is 4.29. The maximum absolute atomic E-state index is 6.26. The molecule has 1 heterocycles. The van der Waals surface area contributed by atoms with Gasteiger partial charge in [-0.05, 0) is 37.1 Å². The summed E-state index contributed by atoms with van der Waals surface area (Å²) in [6.45, 7) is 0. The molecule has 1 aliphatic rings. The van der Waals surface area contributed by atoms with Crippen LogP contribution in [0.15, 0.2) is 30.3 Å². The van der Waals surface area contributed by atoms with Gasteiger partial charge in [0.05, 0.1) is 6.10 Å². The van der Waals surface area contributed by atoms with E-state index >= 15 is 0 Å². The third-order valence-electron chi connectivity index (χ3n) is 4.01. The number of anilines is 1. The van der Waals surface area contributed by atoms with Gasteiger partial charge in [-0.25, -0.2) is 4.98 Å². The van der Waals surface area contributed by atoms with Crippen LogP contribution in [-0.4, -0.2) is 24.2 Å². The van der Waals surface area contributed by atoms with E-state index in [2.05, 4.69) is 22.4 Å². The van der Waals surface area contributed by atoms with E-state index in [0.717, 1.165) is 35.9 Å². The van der Waals surface area contributed by atoms with Gasteiger partial charge >= 0.3 is 0 Å². The molecule has 0 spiro atoms. The van der Waals surface area contributed by atoms with Gasteiger partial charge < -0.3 is 10.1 Å². The van der Waals surface area contributed by atoms with Crippen molar-refractivity contribution in [2.75, 3.05) is 12.4 Å². The van der Waals surface area contributed by atoms with Crippen molar-refractivity contribution in [2.45, 2.75) is 37.8 Å². The number of methoxy groups -OCH3 is 1. The molecule has 4 heteroatoms. The highest BCUT2D eigenvalue weighted by molar-refractivity contribution is 6.34. The van der Waals surface area contributed by atoms with Gasteiger partial charge in [-0.2, -0.15) is 0 Å². The molecule has 0 amide bonds. The number of halogens is 1. The van der Waals surface area contributed by atoms with Crippen molar-refractivity contribution >= 4 is 28.2 Å². The van der Waals surface area contributed by atoms with Crippen LogP contribution in [-0.2, 0) is 4.74 Å². The Morgan fingerprint density at radius 1 is 1.30 bits per heavy atom. The Labute approximate surface area is 124 Å². The SMILES string of the molecule is COC1CCCC(Nc2cc3ccccc3c(Cl)n2)C1. The summed E-state index contributed by atoms with van der Waals surface area (Å²) in [5.74, 6) is 0.857. The lowest BCUT2D eigenvalue weighted by molar-refractivity contribution is 0.0669. The number of pyridine rings is 1. The van der Waals surface area contributed by atoms with Crippen LogP contribution in [0.2, 0.25) is 5.15 Å². The minimum Gasteiger partial charge on any atom is -0.381 e. The number of rotatable bonds is 3. The molecular weight excluding hydrogens is 272 g/mol. The summed E-state index contributed by atoms with van der Waals surface area (Å²) >= 11 is 6.26. The lowest BCUT2D eigenvalue weighted by Gasteiger charge is -2.29. The van der Waals surface area contributed by atoms with Gasteiger partial charge in [0.25, 0.3) is 0 Å². The molecule has 0 saturated heterocycles. The van der Waals surface area contributed by atoms with Crippen molar-refractivity contribution in [3.8, 4) is 0 Å². The first-order valence-corrected chi connectivity index (χ1v) is 7.48. The van der Waals surface area contributed by atoms with Gasteiger partial charge in [-0.1, -0.05) is 35.9 Å². The van der Waals surface area contributed by atoms with Crippen LogP contribution in [0, 0.1) is 0 Å². The normalized spacial score (nSPS) is 22.9. The Bertz CT molecular complexity index is 602. The minimum absolute atomic E-state index is 0.358. The fraction of sp³-hybridized carbons (Fsp3) is 0.438. The lowest BCUT2D eigenvalue weighted by atomic mass is 9.93. The Morgan fingerprint density at radius 2 is 2.15 bits per heavy atom. The van der Waals surface area contributed by atoms with Gasteiger partial charge in [0.15, 0.2) is 0 Å². The summed E-state index contributed by atoms with van der Waals surface area (Å²) < 4.78 is 5.47. The van der Waals surface area contributed by atoms with Gasteiger partial charge in [-0.3, -0.25) is 0 Å². The van der Waals surface area contributed by atoms with Crippen molar-refractivity contribution in [3.63, 3.8) is 0 Å². The van der Waals surface area contributed by atoms with Crippen LogP contribution in [0.25, 0.3) is 10.8 Å². The maximum Gasteiger partial charge on any atom is 0.139 e. The second-order valence-electron chi connectivity index (χ2n) is 5.39. The highest BCUT2D eigenvalue weighted by Crippen LogP contribution is 2.27. The second kappa shape index (κ2) is 5.98. The highest BCUT2D eigenvalue weighted by Gasteiger charge is 2.22. The summed E-state index contributed by atoms with van der Waals surface area (Å²) in [5, 5.41) is 6.18. The quantitative estimate of drug-likeness (QED) is 0.858. The zero-order valence-corrected chi connectivity index (χ0v) is 12.4. The number of benzene rings is 1. The Hall–Kier alpha value is -1.32. The number of ether oxygens (including phenoxy) is 1. The number of nitrogens with zero attached hydrogens (tertiary/aromatic N) is 1. The fourth-order valence-electron chi connectivity index (χ4n) is 2.93. The van der Waals surface area contributed by atoms with Crippen molar-refractivity contribution in [1.29, 1.82) is 0 Å². The summed E-state index contributed by atoms with van der Waals surface area (Å²) in [7, 11) is 1.79. The number of aromatic nitrogens is 1. The number of nitrogens with one attached hydrogen (secondary N) is 1. The molecule has 1 aliphatic carbocycles. The van der Waals surface area contributed by atoms with Crippen LogP contribution in [0.1, 0.15) is 25.7 Å². The lowest BCUT2D eigenvalue weighted by Crippen LogP contribution is -2.31. The van der Waals surface area contributed by atoms with Crippen LogP contribution < -0.4 is 5.32 Å². The van der Waals surface area contributed by atoms with E-state index in [1.165, 1.54) is 6.42 Å². The van der Waals surface area contributed by atoms with Gasteiger partial charge in [0.2, 0.25) is 0 Å². The molecule has 1 aromatic heterocycles. The molecule has 2 unspecified atom stereocenters. The Morgan fingerprint density at radius 3 is 3.00 bits per heavy atom. The third kappa shape index (κ3) is 2.89. The smallest absolute Gasteiger partial charge is 0.139 e. The topological polar surface area (TPSA) is 34.1 Å². The summed E-state index contributed by atoms with van der Waals surface area (Å²) in [4.78, 5) is 4.46. The molecular formula is C16H19ClN2O. The number of hydrogen-bond acceptors (Lipinski definition) is 3. The average molecular weight is 291 g/mol. The summed E-state index contributed by atoms with van der Waals surface area (Å²) in [5.41, 5.74) is 0. The van der Waals surface area contributed by atoms with E-state index in [1.807, 2.05) is 18.2 Å². The van der Waals surface area contributed by atoms with Gasteiger partial charge in [-0.15, -0.1) is 0 Å². The molecule has 2 aromatic rings. The first-order chi connectivity index (χ1) is 9.76. The molecule has 0 aliphatic heterocycles. The summed E-state index contributed by atoms with van der Waals surface area (Å²) in [6, 6.07) is 10.5. The van der Waals surface area contributed by atoms with Crippen LogP contribution in [0.5, 0.6) is 0 Å². The predicted molar refractivity (Wildman–Crippen MR) is 83.4 cm³/mol. The standard InChI is InChI=1S/C16H19ClN2O/c1-20-13-7-4-6-12(10-13)18-15-9-11-5-2-3-8-14(11)16(17)19-15/h2-3,5,8-9,12-13H,4,6-7,10H2,1H3,(H,18,19). The van der Waals surface area contributed by atoms with Gasteiger partial charge in [0, 0.05) is 18.5 Å². The Kier molecular flexibility index (Phi) is 4.08.